The minimum absolute atomic E-state index is 0.180. The van der Waals surface area contributed by atoms with Gasteiger partial charge in [0.1, 0.15) is 6.79 Å². The Labute approximate surface area is 85.5 Å². The van der Waals surface area contributed by atoms with E-state index in [-0.39, 0.29) is 24.8 Å². The van der Waals surface area contributed by atoms with Crippen molar-refractivity contribution in [3.63, 3.8) is 0 Å². The number of ether oxygens (including phenoxy) is 3. The van der Waals surface area contributed by atoms with Gasteiger partial charge in [0.05, 0.1) is 18.6 Å². The Bertz CT molecular complexity index is 158. The topological polar surface area (TPSA) is 44.8 Å². The van der Waals surface area contributed by atoms with Gasteiger partial charge >= 0.3 is 5.97 Å². The Hall–Kier alpha value is -0.610. The van der Waals surface area contributed by atoms with E-state index in [9.17, 15) is 4.79 Å². The van der Waals surface area contributed by atoms with Crippen molar-refractivity contribution in [3.8, 4) is 0 Å². The van der Waals surface area contributed by atoms with E-state index in [0.29, 0.717) is 13.2 Å². The summed E-state index contributed by atoms with van der Waals surface area (Å²) in [7, 11) is 0. The molecule has 0 aromatic carbocycles. The molecule has 0 rings (SSSR count). The Morgan fingerprint density at radius 1 is 1.21 bits per heavy atom. The van der Waals surface area contributed by atoms with Crippen LogP contribution in [0.4, 0.5) is 0 Å². The largest absolute Gasteiger partial charge is 0.466 e. The minimum Gasteiger partial charge on any atom is -0.466 e. The summed E-state index contributed by atoms with van der Waals surface area (Å²) >= 11 is 0. The van der Waals surface area contributed by atoms with Crippen LogP contribution in [0.2, 0.25) is 0 Å². The predicted molar refractivity (Wildman–Crippen MR) is 52.8 cm³/mol. The summed E-state index contributed by atoms with van der Waals surface area (Å²) in [5.74, 6) is -0.480. The first-order chi connectivity index (χ1) is 6.63. The van der Waals surface area contributed by atoms with E-state index in [0.717, 1.165) is 0 Å². The van der Waals surface area contributed by atoms with E-state index in [2.05, 4.69) is 0 Å². The highest BCUT2D eigenvalue weighted by molar-refractivity contribution is 5.72. The maximum atomic E-state index is 11.3. The maximum Gasteiger partial charge on any atom is 0.311 e. The molecule has 4 nitrogen and oxygen atoms in total. The van der Waals surface area contributed by atoms with Gasteiger partial charge in [0, 0.05) is 6.61 Å². The van der Waals surface area contributed by atoms with Gasteiger partial charge in [0.25, 0.3) is 0 Å². The fourth-order valence-corrected chi connectivity index (χ4v) is 0.848. The van der Waals surface area contributed by atoms with Gasteiger partial charge in [-0.3, -0.25) is 4.79 Å². The molecular weight excluding hydrogens is 184 g/mol. The van der Waals surface area contributed by atoms with Gasteiger partial charge in [-0.05, 0) is 27.7 Å². The summed E-state index contributed by atoms with van der Waals surface area (Å²) in [6.45, 7) is 8.54. The number of hydrogen-bond acceptors (Lipinski definition) is 4. The molecule has 0 bridgehead atoms. The molecule has 0 saturated heterocycles. The fraction of sp³-hybridized carbons (Fsp3) is 0.900. The molecule has 0 fully saturated rings. The number of carbonyl (C=O) groups is 1. The van der Waals surface area contributed by atoms with Crippen LogP contribution in [0, 0.1) is 5.92 Å². The molecule has 0 saturated carbocycles. The average Bonchev–Trinajstić information content (AvgIpc) is 2.17. The van der Waals surface area contributed by atoms with Crippen LogP contribution in [0.5, 0.6) is 0 Å². The maximum absolute atomic E-state index is 11.3. The van der Waals surface area contributed by atoms with Crippen LogP contribution in [0.3, 0.4) is 0 Å². The Kier molecular flexibility index (Phi) is 7.42. The third-order valence-electron chi connectivity index (χ3n) is 1.98. The number of esters is 1. The highest BCUT2D eigenvalue weighted by Gasteiger charge is 2.21. The molecule has 2 unspecified atom stereocenters. The lowest BCUT2D eigenvalue weighted by Crippen LogP contribution is -2.28. The fourth-order valence-electron chi connectivity index (χ4n) is 0.848. The van der Waals surface area contributed by atoms with Crippen molar-refractivity contribution in [2.24, 2.45) is 5.92 Å². The Morgan fingerprint density at radius 3 is 2.36 bits per heavy atom. The van der Waals surface area contributed by atoms with E-state index in [1.165, 1.54) is 0 Å². The zero-order chi connectivity index (χ0) is 11.0. The van der Waals surface area contributed by atoms with Gasteiger partial charge in [-0.2, -0.15) is 0 Å². The Morgan fingerprint density at radius 2 is 1.86 bits per heavy atom. The van der Waals surface area contributed by atoms with Crippen LogP contribution >= 0.6 is 0 Å². The van der Waals surface area contributed by atoms with Crippen LogP contribution in [0.15, 0.2) is 0 Å². The van der Waals surface area contributed by atoms with E-state index in [1.807, 2.05) is 13.8 Å². The lowest BCUT2D eigenvalue weighted by atomic mass is 10.1. The third kappa shape index (κ3) is 5.19. The van der Waals surface area contributed by atoms with Crippen molar-refractivity contribution in [1.82, 2.24) is 0 Å². The molecule has 0 aliphatic carbocycles. The normalized spacial score (nSPS) is 14.9. The van der Waals surface area contributed by atoms with E-state index in [1.54, 1.807) is 13.8 Å². The molecule has 0 N–H and O–H groups in total. The quantitative estimate of drug-likeness (QED) is 0.359. The monoisotopic (exact) mass is 204 g/mol. The lowest BCUT2D eigenvalue weighted by molar-refractivity contribution is -0.157. The molecule has 0 heterocycles. The van der Waals surface area contributed by atoms with Crippen molar-refractivity contribution >= 4 is 5.97 Å². The standard InChI is InChI=1S/C10H20O4/c1-5-12-7-14-9(4)8(3)10(11)13-6-2/h8-9H,5-7H2,1-4H3. The minimum atomic E-state index is -0.254. The van der Waals surface area contributed by atoms with E-state index < -0.39 is 0 Å². The molecule has 0 aromatic heterocycles. The molecule has 2 atom stereocenters. The van der Waals surface area contributed by atoms with Gasteiger partial charge in [-0.1, -0.05) is 0 Å². The van der Waals surface area contributed by atoms with Crippen LogP contribution in [0.1, 0.15) is 27.7 Å². The SMILES string of the molecule is CCOCOC(C)C(C)C(=O)OCC. The van der Waals surface area contributed by atoms with Gasteiger partial charge < -0.3 is 14.2 Å². The smallest absolute Gasteiger partial charge is 0.311 e. The van der Waals surface area contributed by atoms with E-state index >= 15 is 0 Å². The van der Waals surface area contributed by atoms with Gasteiger partial charge in [0.15, 0.2) is 0 Å². The molecule has 0 aromatic rings. The first kappa shape index (κ1) is 13.4. The molecule has 4 heteroatoms. The molecule has 0 spiro atoms. The van der Waals surface area contributed by atoms with Crippen LogP contribution in [-0.2, 0) is 19.0 Å². The molecular formula is C10H20O4. The zero-order valence-electron chi connectivity index (χ0n) is 9.41. The predicted octanol–water partition coefficient (Wildman–Crippen LogP) is 1.58. The molecule has 0 aliphatic heterocycles. The number of carbonyl (C=O) groups excluding carboxylic acids is 1. The highest BCUT2D eigenvalue weighted by Crippen LogP contribution is 2.09. The molecule has 0 radical (unpaired) electrons. The van der Waals surface area contributed by atoms with Gasteiger partial charge in [0.2, 0.25) is 0 Å². The zero-order valence-corrected chi connectivity index (χ0v) is 9.41. The van der Waals surface area contributed by atoms with Crippen LogP contribution in [-0.4, -0.2) is 32.1 Å². The number of hydrogen-bond donors (Lipinski definition) is 0. The van der Waals surface area contributed by atoms with Crippen LogP contribution < -0.4 is 0 Å². The molecule has 0 aliphatic rings. The summed E-state index contributed by atoms with van der Waals surface area (Å²) in [5.41, 5.74) is 0. The van der Waals surface area contributed by atoms with Crippen molar-refractivity contribution in [1.29, 1.82) is 0 Å². The number of rotatable bonds is 7. The second kappa shape index (κ2) is 7.76. The molecule has 84 valence electrons. The first-order valence-electron chi connectivity index (χ1n) is 4.99. The van der Waals surface area contributed by atoms with Gasteiger partial charge in [-0.25, -0.2) is 0 Å². The summed E-state index contributed by atoms with van der Waals surface area (Å²) < 4.78 is 15.2. The second-order valence-electron chi connectivity index (χ2n) is 3.02. The Balaban J connectivity index is 3.74. The van der Waals surface area contributed by atoms with Crippen molar-refractivity contribution < 1.29 is 19.0 Å². The summed E-state index contributed by atoms with van der Waals surface area (Å²) in [6, 6.07) is 0. The third-order valence-corrected chi connectivity index (χ3v) is 1.98. The van der Waals surface area contributed by atoms with Crippen molar-refractivity contribution in [2.45, 2.75) is 33.8 Å². The summed E-state index contributed by atoms with van der Waals surface area (Å²) in [5, 5.41) is 0. The van der Waals surface area contributed by atoms with Gasteiger partial charge in [-0.15, -0.1) is 0 Å². The van der Waals surface area contributed by atoms with Crippen molar-refractivity contribution in [2.75, 3.05) is 20.0 Å². The summed E-state index contributed by atoms with van der Waals surface area (Å²) in [4.78, 5) is 11.3. The summed E-state index contributed by atoms with van der Waals surface area (Å²) in [6.07, 6.45) is -0.180. The molecule has 14 heavy (non-hydrogen) atoms. The van der Waals surface area contributed by atoms with Crippen molar-refractivity contribution in [3.05, 3.63) is 0 Å². The van der Waals surface area contributed by atoms with Crippen LogP contribution in [0.25, 0.3) is 0 Å². The lowest BCUT2D eigenvalue weighted by Gasteiger charge is -2.18. The molecule has 0 amide bonds. The van der Waals surface area contributed by atoms with E-state index in [4.69, 9.17) is 14.2 Å². The average molecular weight is 204 g/mol. The highest BCUT2D eigenvalue weighted by atomic mass is 16.7. The second-order valence-corrected chi connectivity index (χ2v) is 3.02. The first-order valence-corrected chi connectivity index (χ1v) is 4.99.